The van der Waals surface area contributed by atoms with Crippen molar-refractivity contribution >= 4 is 29.3 Å². The third kappa shape index (κ3) is 3.88. The summed E-state index contributed by atoms with van der Waals surface area (Å²) in [7, 11) is 0. The normalized spacial score (nSPS) is 22.1. The number of fused-ring (bicyclic) bond motifs is 1. The fourth-order valence-corrected chi connectivity index (χ4v) is 4.39. The van der Waals surface area contributed by atoms with Gasteiger partial charge in [0.25, 0.3) is 0 Å². The number of benzene rings is 2. The number of rotatable bonds is 5. The SMILES string of the molecule is Cc1ccc(C(=O)COC(=O)c2cccc(N3C(=O)[C@@H]4[C@@H](C)C=CC[C@H]4C3=O)c2)cc1C. The predicted molar refractivity (Wildman–Crippen MR) is 119 cm³/mol. The van der Waals surface area contributed by atoms with Gasteiger partial charge in [-0.15, -0.1) is 0 Å². The Morgan fingerprint density at radius 3 is 2.50 bits per heavy atom. The van der Waals surface area contributed by atoms with Crippen LogP contribution in [0.3, 0.4) is 0 Å². The standard InChI is InChI=1S/C26H25NO5/c1-15-10-11-18(12-17(15)3)22(28)14-32-26(31)19-7-5-8-20(13-19)27-24(29)21-9-4-6-16(2)23(21)25(27)30/h4-8,10-13,16,21,23H,9,14H2,1-3H3/t16-,21+,23+/m0/s1. The molecular weight excluding hydrogens is 406 g/mol. The third-order valence-electron chi connectivity index (χ3n) is 6.38. The number of ketones is 1. The van der Waals surface area contributed by atoms with Crippen molar-refractivity contribution in [3.63, 3.8) is 0 Å². The number of Topliss-reactive ketones (excluding diaryl/α,β-unsaturated/α-hetero) is 1. The number of imide groups is 1. The molecule has 32 heavy (non-hydrogen) atoms. The molecule has 4 rings (SSSR count). The average Bonchev–Trinajstić information content (AvgIpc) is 3.04. The predicted octanol–water partition coefficient (Wildman–Crippen LogP) is 4.04. The van der Waals surface area contributed by atoms with Gasteiger partial charge >= 0.3 is 5.97 Å². The van der Waals surface area contributed by atoms with Gasteiger partial charge in [-0.2, -0.15) is 0 Å². The first-order valence-electron chi connectivity index (χ1n) is 10.7. The summed E-state index contributed by atoms with van der Waals surface area (Å²) in [4.78, 5) is 52.0. The van der Waals surface area contributed by atoms with Gasteiger partial charge in [0.2, 0.25) is 11.8 Å². The molecule has 6 nitrogen and oxygen atoms in total. The van der Waals surface area contributed by atoms with Crippen LogP contribution < -0.4 is 4.90 Å². The van der Waals surface area contributed by atoms with Crippen LogP contribution in [0.25, 0.3) is 0 Å². The molecule has 1 heterocycles. The Bertz CT molecular complexity index is 1150. The maximum Gasteiger partial charge on any atom is 0.338 e. The zero-order chi connectivity index (χ0) is 23.0. The molecule has 1 aliphatic carbocycles. The van der Waals surface area contributed by atoms with Gasteiger partial charge in [0.05, 0.1) is 23.1 Å². The molecule has 164 valence electrons. The molecule has 2 amide bonds. The number of hydrogen-bond acceptors (Lipinski definition) is 5. The molecule has 2 aromatic rings. The summed E-state index contributed by atoms with van der Waals surface area (Å²) in [5.41, 5.74) is 3.06. The second-order valence-electron chi connectivity index (χ2n) is 8.52. The first kappa shape index (κ1) is 21.7. The zero-order valence-electron chi connectivity index (χ0n) is 18.3. The molecule has 0 saturated carbocycles. The Balaban J connectivity index is 1.47. The highest BCUT2D eigenvalue weighted by Crippen LogP contribution is 2.40. The second kappa shape index (κ2) is 8.54. The van der Waals surface area contributed by atoms with Gasteiger partial charge in [-0.1, -0.05) is 37.3 Å². The minimum absolute atomic E-state index is 0.0141. The molecule has 0 radical (unpaired) electrons. The topological polar surface area (TPSA) is 80.8 Å². The van der Waals surface area contributed by atoms with Gasteiger partial charge in [-0.25, -0.2) is 4.79 Å². The van der Waals surface area contributed by atoms with Crippen LogP contribution in [0.1, 0.15) is 45.2 Å². The average molecular weight is 431 g/mol. The van der Waals surface area contributed by atoms with Crippen molar-refractivity contribution in [2.75, 3.05) is 11.5 Å². The largest absolute Gasteiger partial charge is 0.454 e. The molecule has 1 saturated heterocycles. The minimum atomic E-state index is -0.685. The Morgan fingerprint density at radius 2 is 1.78 bits per heavy atom. The van der Waals surface area contributed by atoms with E-state index in [2.05, 4.69) is 0 Å². The van der Waals surface area contributed by atoms with Crippen molar-refractivity contribution in [2.45, 2.75) is 27.2 Å². The van der Waals surface area contributed by atoms with Crippen LogP contribution >= 0.6 is 0 Å². The molecule has 2 aromatic carbocycles. The number of ether oxygens (including phenoxy) is 1. The molecule has 0 bridgehead atoms. The van der Waals surface area contributed by atoms with E-state index in [0.717, 1.165) is 11.1 Å². The van der Waals surface area contributed by atoms with Crippen molar-refractivity contribution in [1.29, 1.82) is 0 Å². The van der Waals surface area contributed by atoms with Crippen LogP contribution in [0.4, 0.5) is 5.69 Å². The number of esters is 1. The van der Waals surface area contributed by atoms with E-state index in [0.29, 0.717) is 17.7 Å². The fourth-order valence-electron chi connectivity index (χ4n) is 4.39. The van der Waals surface area contributed by atoms with E-state index in [-0.39, 0.29) is 47.5 Å². The number of amides is 2. The highest BCUT2D eigenvalue weighted by molar-refractivity contribution is 6.22. The van der Waals surface area contributed by atoms with E-state index < -0.39 is 5.97 Å². The molecule has 2 aliphatic rings. The lowest BCUT2D eigenvalue weighted by molar-refractivity contribution is -0.122. The Hall–Kier alpha value is -3.54. The lowest BCUT2D eigenvalue weighted by Crippen LogP contribution is -2.31. The zero-order valence-corrected chi connectivity index (χ0v) is 18.3. The van der Waals surface area contributed by atoms with Crippen LogP contribution in [0.15, 0.2) is 54.6 Å². The lowest BCUT2D eigenvalue weighted by atomic mass is 9.78. The number of anilines is 1. The number of nitrogens with zero attached hydrogens (tertiary/aromatic N) is 1. The van der Waals surface area contributed by atoms with Crippen LogP contribution in [-0.4, -0.2) is 30.2 Å². The first-order valence-corrected chi connectivity index (χ1v) is 10.7. The molecule has 6 heteroatoms. The van der Waals surface area contributed by atoms with Crippen LogP contribution in [0.2, 0.25) is 0 Å². The van der Waals surface area contributed by atoms with Gasteiger partial charge in [0.1, 0.15) is 0 Å². The van der Waals surface area contributed by atoms with E-state index in [1.807, 2.05) is 39.0 Å². The highest BCUT2D eigenvalue weighted by Gasteiger charge is 2.50. The summed E-state index contributed by atoms with van der Waals surface area (Å²) in [6.07, 6.45) is 4.45. The van der Waals surface area contributed by atoms with E-state index in [9.17, 15) is 19.2 Å². The van der Waals surface area contributed by atoms with Gasteiger partial charge in [-0.05, 0) is 61.6 Å². The monoisotopic (exact) mass is 431 g/mol. The summed E-state index contributed by atoms with van der Waals surface area (Å²) in [5.74, 6) is -2.23. The summed E-state index contributed by atoms with van der Waals surface area (Å²) < 4.78 is 5.21. The van der Waals surface area contributed by atoms with E-state index >= 15 is 0 Å². The molecule has 0 N–H and O–H groups in total. The lowest BCUT2D eigenvalue weighted by Gasteiger charge is -2.22. The van der Waals surface area contributed by atoms with Crippen molar-refractivity contribution in [2.24, 2.45) is 17.8 Å². The van der Waals surface area contributed by atoms with Gasteiger partial charge in [0.15, 0.2) is 12.4 Å². The molecule has 1 aliphatic heterocycles. The summed E-state index contributed by atoms with van der Waals surface area (Å²) in [5, 5.41) is 0. The van der Waals surface area contributed by atoms with Gasteiger partial charge < -0.3 is 4.74 Å². The number of allylic oxidation sites excluding steroid dienone is 2. The fraction of sp³-hybridized carbons (Fsp3) is 0.308. The van der Waals surface area contributed by atoms with Gasteiger partial charge in [-0.3, -0.25) is 19.3 Å². The molecular formula is C26H25NO5. The van der Waals surface area contributed by atoms with Crippen molar-refractivity contribution in [1.82, 2.24) is 0 Å². The molecule has 0 spiro atoms. The second-order valence-corrected chi connectivity index (χ2v) is 8.52. The summed E-state index contributed by atoms with van der Waals surface area (Å²) >= 11 is 0. The molecule has 3 atom stereocenters. The number of carbonyl (C=O) groups is 4. The Kier molecular flexibility index (Phi) is 5.78. The quantitative estimate of drug-likeness (QED) is 0.309. The van der Waals surface area contributed by atoms with Crippen LogP contribution in [0.5, 0.6) is 0 Å². The minimum Gasteiger partial charge on any atom is -0.454 e. The number of carbonyl (C=O) groups excluding carboxylic acids is 4. The maximum atomic E-state index is 13.0. The Morgan fingerprint density at radius 1 is 1.00 bits per heavy atom. The van der Waals surface area contributed by atoms with E-state index in [4.69, 9.17) is 4.74 Å². The van der Waals surface area contributed by atoms with Crippen molar-refractivity contribution < 1.29 is 23.9 Å². The molecule has 0 unspecified atom stereocenters. The third-order valence-corrected chi connectivity index (χ3v) is 6.38. The first-order chi connectivity index (χ1) is 15.3. The number of aryl methyl sites for hydroxylation is 2. The highest BCUT2D eigenvalue weighted by atomic mass is 16.5. The molecule has 0 aromatic heterocycles. The molecule has 1 fully saturated rings. The van der Waals surface area contributed by atoms with Crippen molar-refractivity contribution in [3.8, 4) is 0 Å². The van der Waals surface area contributed by atoms with Gasteiger partial charge in [0, 0.05) is 5.56 Å². The number of hydrogen-bond donors (Lipinski definition) is 0. The van der Waals surface area contributed by atoms with E-state index in [1.54, 1.807) is 24.3 Å². The maximum absolute atomic E-state index is 13.0. The summed E-state index contributed by atoms with van der Waals surface area (Å²) in [6.45, 7) is 5.42. The Labute approximate surface area is 186 Å². The summed E-state index contributed by atoms with van der Waals surface area (Å²) in [6, 6.07) is 11.6. The smallest absolute Gasteiger partial charge is 0.338 e. The van der Waals surface area contributed by atoms with Crippen molar-refractivity contribution in [3.05, 3.63) is 76.9 Å². The van der Waals surface area contributed by atoms with Crippen LogP contribution in [-0.2, 0) is 14.3 Å². The van der Waals surface area contributed by atoms with E-state index in [1.165, 1.54) is 17.0 Å². The van der Waals surface area contributed by atoms with Crippen LogP contribution in [0, 0.1) is 31.6 Å².